The van der Waals surface area contributed by atoms with Gasteiger partial charge in [-0.2, -0.15) is 13.2 Å². The van der Waals surface area contributed by atoms with Gasteiger partial charge in [0, 0.05) is 31.8 Å². The Kier molecular flexibility index (Phi) is 6.17. The molecule has 1 fully saturated rings. The standard InChI is InChI=1S/C23H23F3N8O3/c1-12(23(24,25)26)30-21(35)19-29-9-16-20(32-19)34(15-4-3-7-33(16)11-15)22(36)31-18-8-14(5-6-27-18)17-10-28-13(2)37-17/h5-6,8-10,12,15H,3-4,7,11H2,1-2H3,(H,30,35)(H,27,31,36)/t12-,15+/m1/s1. The van der Waals surface area contributed by atoms with Gasteiger partial charge in [-0.25, -0.2) is 24.7 Å². The van der Waals surface area contributed by atoms with E-state index in [0.29, 0.717) is 42.4 Å². The van der Waals surface area contributed by atoms with Crippen LogP contribution in [0.1, 0.15) is 36.3 Å². The van der Waals surface area contributed by atoms with Gasteiger partial charge >= 0.3 is 12.2 Å². The third-order valence-corrected chi connectivity index (χ3v) is 6.24. The number of alkyl halides is 3. The summed E-state index contributed by atoms with van der Waals surface area (Å²) in [5.41, 5.74) is 1.18. The smallest absolute Gasteiger partial charge is 0.408 e. The molecule has 2 N–H and O–H groups in total. The van der Waals surface area contributed by atoms with E-state index in [-0.39, 0.29) is 17.7 Å². The Bertz CT molecular complexity index is 1340. The number of urea groups is 1. The van der Waals surface area contributed by atoms with Crippen LogP contribution in [0, 0.1) is 6.92 Å². The van der Waals surface area contributed by atoms with Crippen LogP contribution in [0.25, 0.3) is 11.3 Å². The number of amides is 3. The topological polar surface area (TPSA) is 129 Å². The maximum atomic E-state index is 13.5. The predicted octanol–water partition coefficient (Wildman–Crippen LogP) is 3.54. The van der Waals surface area contributed by atoms with Gasteiger partial charge in [-0.15, -0.1) is 0 Å². The van der Waals surface area contributed by atoms with Gasteiger partial charge in [-0.3, -0.25) is 15.0 Å². The van der Waals surface area contributed by atoms with Crippen molar-refractivity contribution in [3.05, 3.63) is 42.4 Å². The van der Waals surface area contributed by atoms with Crippen molar-refractivity contribution < 1.29 is 27.2 Å². The van der Waals surface area contributed by atoms with Crippen molar-refractivity contribution in [2.75, 3.05) is 28.2 Å². The Morgan fingerprint density at radius 2 is 2.03 bits per heavy atom. The molecule has 37 heavy (non-hydrogen) atoms. The molecule has 0 radical (unpaired) electrons. The fraction of sp³-hybridized carbons (Fsp3) is 0.391. The Morgan fingerprint density at radius 1 is 1.22 bits per heavy atom. The molecular formula is C23H23F3N8O3. The maximum Gasteiger partial charge on any atom is 0.408 e. The first-order chi connectivity index (χ1) is 17.6. The minimum absolute atomic E-state index is 0.148. The molecule has 11 nitrogen and oxygen atoms in total. The molecule has 2 bridgehead atoms. The number of pyridine rings is 1. The van der Waals surface area contributed by atoms with E-state index in [1.807, 2.05) is 10.2 Å². The van der Waals surface area contributed by atoms with Gasteiger partial charge < -0.3 is 14.6 Å². The summed E-state index contributed by atoms with van der Waals surface area (Å²) in [5, 5.41) is 4.61. The van der Waals surface area contributed by atoms with Gasteiger partial charge in [0.25, 0.3) is 5.91 Å². The molecule has 1 saturated heterocycles. The molecule has 194 valence electrons. The van der Waals surface area contributed by atoms with Crippen molar-refractivity contribution >= 4 is 29.3 Å². The molecule has 3 aromatic heterocycles. The van der Waals surface area contributed by atoms with Crippen LogP contribution < -0.4 is 20.4 Å². The number of halogens is 3. The fourth-order valence-corrected chi connectivity index (χ4v) is 4.36. The number of piperidine rings is 1. The van der Waals surface area contributed by atoms with Crippen LogP contribution in [0.2, 0.25) is 0 Å². The number of oxazole rings is 1. The first kappa shape index (κ1) is 24.5. The van der Waals surface area contributed by atoms with Gasteiger partial charge in [-0.05, 0) is 31.9 Å². The molecule has 0 saturated carbocycles. The molecule has 2 aliphatic rings. The molecule has 5 rings (SSSR count). The molecule has 0 unspecified atom stereocenters. The van der Waals surface area contributed by atoms with Gasteiger partial charge in [0.1, 0.15) is 11.9 Å². The number of fused-ring (bicyclic) bond motifs is 4. The fourth-order valence-electron chi connectivity index (χ4n) is 4.36. The summed E-state index contributed by atoms with van der Waals surface area (Å²) < 4.78 is 44.3. The van der Waals surface area contributed by atoms with Gasteiger partial charge in [-0.1, -0.05) is 0 Å². The van der Waals surface area contributed by atoms with E-state index in [1.165, 1.54) is 17.3 Å². The van der Waals surface area contributed by atoms with E-state index >= 15 is 0 Å². The zero-order valence-corrected chi connectivity index (χ0v) is 19.9. The zero-order chi connectivity index (χ0) is 26.3. The number of nitrogens with zero attached hydrogens (tertiary/aromatic N) is 6. The SMILES string of the molecule is Cc1ncc(-c2ccnc(NC(=O)N3c4nc(C(=O)N[C@H](C)C(F)(F)F)ncc4N4CCC[C@H]3C4)c2)o1. The van der Waals surface area contributed by atoms with Crippen molar-refractivity contribution in [3.8, 4) is 11.3 Å². The lowest BCUT2D eigenvalue weighted by atomic mass is 10.0. The second-order valence-electron chi connectivity index (χ2n) is 8.85. The van der Waals surface area contributed by atoms with Crippen LogP contribution in [0.3, 0.4) is 0 Å². The van der Waals surface area contributed by atoms with E-state index in [9.17, 15) is 22.8 Å². The lowest BCUT2D eigenvalue weighted by Crippen LogP contribution is -2.56. The molecule has 0 spiro atoms. The number of rotatable bonds is 4. The van der Waals surface area contributed by atoms with E-state index < -0.39 is 30.0 Å². The maximum absolute atomic E-state index is 13.5. The number of anilines is 3. The Hall–Kier alpha value is -4.23. The van der Waals surface area contributed by atoms with Crippen molar-refractivity contribution in [1.82, 2.24) is 25.3 Å². The molecule has 5 heterocycles. The first-order valence-corrected chi connectivity index (χ1v) is 11.6. The second-order valence-corrected chi connectivity index (χ2v) is 8.85. The number of aryl methyl sites for hydroxylation is 1. The van der Waals surface area contributed by atoms with Crippen molar-refractivity contribution in [2.24, 2.45) is 0 Å². The lowest BCUT2D eigenvalue weighted by molar-refractivity contribution is -0.149. The number of nitrogens with one attached hydrogen (secondary N) is 2. The minimum atomic E-state index is -4.62. The summed E-state index contributed by atoms with van der Waals surface area (Å²) in [6, 6.07) is 0.452. The highest BCUT2D eigenvalue weighted by Gasteiger charge is 2.40. The van der Waals surface area contributed by atoms with E-state index in [4.69, 9.17) is 4.42 Å². The predicted molar refractivity (Wildman–Crippen MR) is 126 cm³/mol. The third-order valence-electron chi connectivity index (χ3n) is 6.24. The summed E-state index contributed by atoms with van der Waals surface area (Å²) in [6.45, 7) is 3.78. The average molecular weight is 516 g/mol. The normalized spacial score (nSPS) is 17.7. The number of aromatic nitrogens is 4. The highest BCUT2D eigenvalue weighted by molar-refractivity contribution is 6.04. The van der Waals surface area contributed by atoms with E-state index in [1.54, 1.807) is 25.3 Å². The Labute approximate surface area is 209 Å². The van der Waals surface area contributed by atoms with Crippen molar-refractivity contribution in [3.63, 3.8) is 0 Å². The molecule has 0 aliphatic carbocycles. The third kappa shape index (κ3) is 4.90. The summed E-state index contributed by atoms with van der Waals surface area (Å²) in [5.74, 6) is -0.144. The second kappa shape index (κ2) is 9.33. The number of carbonyl (C=O) groups is 2. The van der Waals surface area contributed by atoms with Crippen molar-refractivity contribution in [2.45, 2.75) is 44.9 Å². The largest absolute Gasteiger partial charge is 0.441 e. The van der Waals surface area contributed by atoms with Crippen LogP contribution in [-0.2, 0) is 0 Å². The van der Waals surface area contributed by atoms with Crippen molar-refractivity contribution in [1.29, 1.82) is 0 Å². The molecule has 2 atom stereocenters. The molecule has 14 heteroatoms. The van der Waals surface area contributed by atoms with Crippen LogP contribution in [0.5, 0.6) is 0 Å². The monoisotopic (exact) mass is 516 g/mol. The van der Waals surface area contributed by atoms with Crippen LogP contribution in [-0.4, -0.2) is 63.2 Å². The molecule has 3 amide bonds. The van der Waals surface area contributed by atoms with E-state index in [0.717, 1.165) is 13.3 Å². The summed E-state index contributed by atoms with van der Waals surface area (Å²) in [4.78, 5) is 45.9. The Balaban J connectivity index is 1.43. The summed E-state index contributed by atoms with van der Waals surface area (Å²) in [7, 11) is 0. The molecule has 2 aliphatic heterocycles. The first-order valence-electron chi connectivity index (χ1n) is 11.6. The molecule has 0 aromatic carbocycles. The van der Waals surface area contributed by atoms with Gasteiger partial charge in [0.2, 0.25) is 5.82 Å². The number of hydrogen-bond acceptors (Lipinski definition) is 8. The van der Waals surface area contributed by atoms with Crippen LogP contribution in [0.15, 0.2) is 35.1 Å². The Morgan fingerprint density at radius 3 is 2.76 bits per heavy atom. The lowest BCUT2D eigenvalue weighted by Gasteiger charge is -2.45. The van der Waals surface area contributed by atoms with Gasteiger partial charge in [0.15, 0.2) is 17.5 Å². The summed E-state index contributed by atoms with van der Waals surface area (Å²) in [6.07, 6.45) is 1.33. The zero-order valence-electron chi connectivity index (χ0n) is 19.9. The van der Waals surface area contributed by atoms with Crippen LogP contribution in [0.4, 0.5) is 35.3 Å². The number of carbonyl (C=O) groups excluding carboxylic acids is 2. The average Bonchev–Trinajstić information content (AvgIpc) is 3.30. The molecular weight excluding hydrogens is 493 g/mol. The molecule has 3 aromatic rings. The highest BCUT2D eigenvalue weighted by Crippen LogP contribution is 2.38. The summed E-state index contributed by atoms with van der Waals surface area (Å²) >= 11 is 0. The van der Waals surface area contributed by atoms with Crippen LogP contribution >= 0.6 is 0 Å². The number of hydrogen-bond donors (Lipinski definition) is 2. The van der Waals surface area contributed by atoms with E-state index in [2.05, 4.69) is 25.3 Å². The minimum Gasteiger partial charge on any atom is -0.441 e. The quantitative estimate of drug-likeness (QED) is 0.539. The highest BCUT2D eigenvalue weighted by atomic mass is 19.4. The van der Waals surface area contributed by atoms with Gasteiger partial charge in [0.05, 0.1) is 24.1 Å².